The van der Waals surface area contributed by atoms with Crippen molar-refractivity contribution in [3.05, 3.63) is 42.1 Å². The van der Waals surface area contributed by atoms with Crippen LogP contribution >= 0.6 is 0 Å². The SMILES string of the molecule is COc1ccccc1C(=O)C1CC=CNC1. The fourth-order valence-electron chi connectivity index (χ4n) is 1.88. The minimum atomic E-state index is 0.0151. The van der Waals surface area contributed by atoms with Crippen molar-refractivity contribution >= 4 is 5.78 Å². The zero-order chi connectivity index (χ0) is 11.4. The highest BCUT2D eigenvalue weighted by Gasteiger charge is 2.22. The van der Waals surface area contributed by atoms with Gasteiger partial charge in [0.1, 0.15) is 5.75 Å². The van der Waals surface area contributed by atoms with Crippen LogP contribution in [0.25, 0.3) is 0 Å². The maximum atomic E-state index is 12.2. The van der Waals surface area contributed by atoms with Crippen molar-refractivity contribution < 1.29 is 9.53 Å². The Hall–Kier alpha value is -1.77. The Morgan fingerprint density at radius 2 is 2.25 bits per heavy atom. The molecule has 0 aromatic heterocycles. The summed E-state index contributed by atoms with van der Waals surface area (Å²) in [5.74, 6) is 0.817. The molecule has 84 valence electrons. The largest absolute Gasteiger partial charge is 0.496 e. The van der Waals surface area contributed by atoms with Gasteiger partial charge in [0.2, 0.25) is 0 Å². The number of carbonyl (C=O) groups excluding carboxylic acids is 1. The van der Waals surface area contributed by atoms with E-state index < -0.39 is 0 Å². The number of ether oxygens (including phenoxy) is 1. The smallest absolute Gasteiger partial charge is 0.171 e. The molecular weight excluding hydrogens is 202 g/mol. The Morgan fingerprint density at radius 1 is 1.44 bits per heavy atom. The molecule has 0 bridgehead atoms. The van der Waals surface area contributed by atoms with Crippen molar-refractivity contribution in [2.75, 3.05) is 13.7 Å². The van der Waals surface area contributed by atoms with E-state index in [1.54, 1.807) is 7.11 Å². The number of para-hydroxylation sites is 1. The molecule has 3 nitrogen and oxygen atoms in total. The molecule has 1 unspecified atom stereocenters. The lowest BCUT2D eigenvalue weighted by atomic mass is 9.92. The number of allylic oxidation sites excluding steroid dienone is 1. The summed E-state index contributed by atoms with van der Waals surface area (Å²) < 4.78 is 5.20. The van der Waals surface area contributed by atoms with Gasteiger partial charge in [0.05, 0.1) is 12.7 Å². The standard InChI is InChI=1S/C13H15NO2/c1-16-12-7-3-2-6-11(12)13(15)10-5-4-8-14-9-10/h2-4,6-8,10,14H,5,9H2,1H3. The second-order valence-corrected chi connectivity index (χ2v) is 3.81. The molecule has 1 aliphatic rings. The summed E-state index contributed by atoms with van der Waals surface area (Å²) in [6, 6.07) is 7.37. The number of benzene rings is 1. The molecular formula is C13H15NO2. The Labute approximate surface area is 95.1 Å². The van der Waals surface area contributed by atoms with Crippen LogP contribution in [0.4, 0.5) is 0 Å². The quantitative estimate of drug-likeness (QED) is 0.787. The summed E-state index contributed by atoms with van der Waals surface area (Å²) in [5, 5.41) is 3.08. The average Bonchev–Trinajstić information content (AvgIpc) is 2.39. The van der Waals surface area contributed by atoms with Crippen LogP contribution in [0.15, 0.2) is 36.5 Å². The van der Waals surface area contributed by atoms with Crippen LogP contribution in [-0.2, 0) is 0 Å². The summed E-state index contributed by atoms with van der Waals surface area (Å²) in [6.07, 6.45) is 4.68. The van der Waals surface area contributed by atoms with Gasteiger partial charge in [-0.2, -0.15) is 0 Å². The van der Waals surface area contributed by atoms with Gasteiger partial charge in [-0.25, -0.2) is 0 Å². The highest BCUT2D eigenvalue weighted by molar-refractivity contribution is 6.00. The molecule has 0 radical (unpaired) electrons. The first-order valence-corrected chi connectivity index (χ1v) is 5.38. The molecule has 0 amide bonds. The lowest BCUT2D eigenvalue weighted by molar-refractivity contribution is 0.0916. The van der Waals surface area contributed by atoms with E-state index in [1.165, 1.54) is 0 Å². The third-order valence-corrected chi connectivity index (χ3v) is 2.76. The van der Waals surface area contributed by atoms with E-state index in [-0.39, 0.29) is 11.7 Å². The van der Waals surface area contributed by atoms with E-state index in [4.69, 9.17) is 4.74 Å². The zero-order valence-electron chi connectivity index (χ0n) is 9.27. The minimum Gasteiger partial charge on any atom is -0.496 e. The second kappa shape index (κ2) is 4.84. The molecule has 0 spiro atoms. The monoisotopic (exact) mass is 217 g/mol. The lowest BCUT2D eigenvalue weighted by Crippen LogP contribution is -2.28. The number of methoxy groups -OCH3 is 1. The highest BCUT2D eigenvalue weighted by Crippen LogP contribution is 2.23. The lowest BCUT2D eigenvalue weighted by Gasteiger charge is -2.18. The van der Waals surface area contributed by atoms with Gasteiger partial charge in [-0.1, -0.05) is 18.2 Å². The first kappa shape index (κ1) is 10.7. The molecule has 0 aliphatic carbocycles. The average molecular weight is 217 g/mol. The van der Waals surface area contributed by atoms with Gasteiger partial charge in [0, 0.05) is 12.5 Å². The normalized spacial score (nSPS) is 18.9. The molecule has 16 heavy (non-hydrogen) atoms. The van der Waals surface area contributed by atoms with Crippen LogP contribution in [0, 0.1) is 5.92 Å². The number of Topliss-reactive ketones (excluding diaryl/α,β-unsaturated/α-hetero) is 1. The third kappa shape index (κ3) is 2.08. The molecule has 1 N–H and O–H groups in total. The summed E-state index contributed by atoms with van der Waals surface area (Å²) in [4.78, 5) is 12.2. The Morgan fingerprint density at radius 3 is 2.94 bits per heavy atom. The number of hydrogen-bond acceptors (Lipinski definition) is 3. The first-order valence-electron chi connectivity index (χ1n) is 5.38. The van der Waals surface area contributed by atoms with Crippen LogP contribution in [0.5, 0.6) is 5.75 Å². The summed E-state index contributed by atoms with van der Waals surface area (Å²) in [5.41, 5.74) is 0.673. The van der Waals surface area contributed by atoms with Crippen molar-refractivity contribution in [2.45, 2.75) is 6.42 Å². The van der Waals surface area contributed by atoms with Crippen molar-refractivity contribution in [1.29, 1.82) is 0 Å². The maximum Gasteiger partial charge on any atom is 0.171 e. The summed E-state index contributed by atoms with van der Waals surface area (Å²) in [7, 11) is 1.59. The van der Waals surface area contributed by atoms with Gasteiger partial charge < -0.3 is 10.1 Å². The minimum absolute atomic E-state index is 0.0151. The van der Waals surface area contributed by atoms with Crippen LogP contribution in [0.1, 0.15) is 16.8 Å². The van der Waals surface area contributed by atoms with Crippen molar-refractivity contribution in [3.63, 3.8) is 0 Å². The molecule has 1 atom stereocenters. The van der Waals surface area contributed by atoms with Crippen LogP contribution in [0.3, 0.4) is 0 Å². The van der Waals surface area contributed by atoms with Crippen molar-refractivity contribution in [2.24, 2.45) is 5.92 Å². The first-order chi connectivity index (χ1) is 7.83. The number of carbonyl (C=O) groups is 1. The molecule has 1 aliphatic heterocycles. The Kier molecular flexibility index (Phi) is 3.25. The van der Waals surface area contributed by atoms with Crippen LogP contribution in [-0.4, -0.2) is 19.4 Å². The molecule has 3 heteroatoms. The van der Waals surface area contributed by atoms with E-state index in [9.17, 15) is 4.79 Å². The van der Waals surface area contributed by atoms with Gasteiger partial charge >= 0.3 is 0 Å². The Bertz CT molecular complexity index is 412. The van der Waals surface area contributed by atoms with Crippen molar-refractivity contribution in [3.8, 4) is 5.75 Å². The number of nitrogens with one attached hydrogen (secondary N) is 1. The van der Waals surface area contributed by atoms with Crippen LogP contribution in [0.2, 0.25) is 0 Å². The van der Waals surface area contributed by atoms with Gasteiger partial charge in [-0.15, -0.1) is 0 Å². The van der Waals surface area contributed by atoms with E-state index in [1.807, 2.05) is 36.5 Å². The van der Waals surface area contributed by atoms with Gasteiger partial charge in [0.15, 0.2) is 5.78 Å². The predicted molar refractivity (Wildman–Crippen MR) is 62.6 cm³/mol. The molecule has 1 heterocycles. The molecule has 1 aromatic carbocycles. The number of hydrogen-bond donors (Lipinski definition) is 1. The maximum absolute atomic E-state index is 12.2. The number of ketones is 1. The Balaban J connectivity index is 2.22. The van der Waals surface area contributed by atoms with Gasteiger partial charge in [-0.3, -0.25) is 4.79 Å². The fourth-order valence-corrected chi connectivity index (χ4v) is 1.88. The fraction of sp³-hybridized carbons (Fsp3) is 0.308. The predicted octanol–water partition coefficient (Wildman–Crippen LogP) is 2.00. The number of rotatable bonds is 3. The molecule has 0 fully saturated rings. The van der Waals surface area contributed by atoms with E-state index in [0.717, 1.165) is 6.42 Å². The summed E-state index contributed by atoms with van der Waals surface area (Å²) >= 11 is 0. The molecule has 2 rings (SSSR count). The molecule has 0 saturated carbocycles. The highest BCUT2D eigenvalue weighted by atomic mass is 16.5. The molecule has 0 saturated heterocycles. The van der Waals surface area contributed by atoms with E-state index >= 15 is 0 Å². The van der Waals surface area contributed by atoms with Gasteiger partial charge in [0.25, 0.3) is 0 Å². The van der Waals surface area contributed by atoms with E-state index in [0.29, 0.717) is 17.9 Å². The van der Waals surface area contributed by atoms with Gasteiger partial charge in [-0.05, 0) is 24.8 Å². The zero-order valence-corrected chi connectivity index (χ0v) is 9.27. The van der Waals surface area contributed by atoms with Crippen LogP contribution < -0.4 is 10.1 Å². The second-order valence-electron chi connectivity index (χ2n) is 3.81. The third-order valence-electron chi connectivity index (χ3n) is 2.76. The van der Waals surface area contributed by atoms with Crippen molar-refractivity contribution in [1.82, 2.24) is 5.32 Å². The summed E-state index contributed by atoms with van der Waals surface area (Å²) in [6.45, 7) is 0.702. The molecule has 1 aromatic rings. The van der Waals surface area contributed by atoms with E-state index in [2.05, 4.69) is 5.32 Å². The topological polar surface area (TPSA) is 38.3 Å².